The first-order valence-corrected chi connectivity index (χ1v) is 6.65. The zero-order valence-electron chi connectivity index (χ0n) is 12.2. The van der Waals surface area contributed by atoms with Gasteiger partial charge in [-0.25, -0.2) is 0 Å². The highest BCUT2D eigenvalue weighted by atomic mass is 16.5. The fraction of sp³-hybridized carbons (Fsp3) is 0.400. The van der Waals surface area contributed by atoms with Crippen LogP contribution in [0.5, 0.6) is 11.5 Å². The quantitative estimate of drug-likeness (QED) is 0.836. The predicted octanol–water partition coefficient (Wildman–Crippen LogP) is 1.77. The predicted molar refractivity (Wildman–Crippen MR) is 78.2 cm³/mol. The van der Waals surface area contributed by atoms with Crippen LogP contribution in [-0.2, 0) is 20.0 Å². The van der Waals surface area contributed by atoms with Crippen LogP contribution >= 0.6 is 0 Å². The highest BCUT2D eigenvalue weighted by molar-refractivity contribution is 5.43. The molecule has 5 nitrogen and oxygen atoms in total. The summed E-state index contributed by atoms with van der Waals surface area (Å²) < 4.78 is 13.0. The van der Waals surface area contributed by atoms with E-state index in [4.69, 9.17) is 9.47 Å². The Morgan fingerprint density at radius 3 is 2.75 bits per heavy atom. The molecule has 0 aliphatic carbocycles. The molecule has 0 unspecified atom stereocenters. The van der Waals surface area contributed by atoms with Crippen molar-refractivity contribution < 1.29 is 9.47 Å². The molecule has 0 bridgehead atoms. The third-order valence-corrected chi connectivity index (χ3v) is 3.15. The molecule has 0 radical (unpaired) electrons. The molecule has 0 aliphatic heterocycles. The number of aromatic nitrogens is 2. The average molecular weight is 275 g/mol. The van der Waals surface area contributed by atoms with Crippen molar-refractivity contribution in [2.24, 2.45) is 7.05 Å². The monoisotopic (exact) mass is 275 g/mol. The molecular weight excluding hydrogens is 254 g/mol. The van der Waals surface area contributed by atoms with Gasteiger partial charge in [-0.3, -0.25) is 4.68 Å². The summed E-state index contributed by atoms with van der Waals surface area (Å²) in [6.45, 7) is 1.40. The van der Waals surface area contributed by atoms with Crippen molar-refractivity contribution in [2.45, 2.75) is 13.0 Å². The van der Waals surface area contributed by atoms with Gasteiger partial charge in [0.25, 0.3) is 0 Å². The summed E-state index contributed by atoms with van der Waals surface area (Å²) in [5.41, 5.74) is 2.32. The zero-order chi connectivity index (χ0) is 14.4. The molecule has 0 amide bonds. The number of hydrogen-bond acceptors (Lipinski definition) is 4. The van der Waals surface area contributed by atoms with Crippen LogP contribution in [0.15, 0.2) is 30.5 Å². The Morgan fingerprint density at radius 2 is 2.10 bits per heavy atom. The molecule has 1 N–H and O–H groups in total. The smallest absolute Gasteiger partial charge is 0.161 e. The number of benzene rings is 1. The lowest BCUT2D eigenvalue weighted by atomic mass is 10.2. The Morgan fingerprint density at radius 1 is 1.25 bits per heavy atom. The fourth-order valence-electron chi connectivity index (χ4n) is 2.06. The first-order valence-electron chi connectivity index (χ1n) is 6.65. The SMILES string of the molecule is CNCc1ccc(OC)c(OCCc2ccnn2C)c1. The van der Waals surface area contributed by atoms with Gasteiger partial charge < -0.3 is 14.8 Å². The average Bonchev–Trinajstić information content (AvgIpc) is 2.85. The molecule has 5 heteroatoms. The third kappa shape index (κ3) is 3.51. The second kappa shape index (κ2) is 6.96. The van der Waals surface area contributed by atoms with Crippen LogP contribution in [0.2, 0.25) is 0 Å². The standard InChI is InChI=1S/C15H21N3O2/c1-16-11-12-4-5-14(19-3)15(10-12)20-9-7-13-6-8-17-18(13)2/h4-6,8,10,16H,7,9,11H2,1-3H3. The maximum atomic E-state index is 5.85. The molecule has 0 aliphatic rings. The van der Waals surface area contributed by atoms with Crippen molar-refractivity contribution in [1.82, 2.24) is 15.1 Å². The van der Waals surface area contributed by atoms with Crippen LogP contribution in [0.4, 0.5) is 0 Å². The summed E-state index contributed by atoms with van der Waals surface area (Å²) in [6.07, 6.45) is 2.61. The highest BCUT2D eigenvalue weighted by Crippen LogP contribution is 2.28. The Labute approximate surface area is 119 Å². The van der Waals surface area contributed by atoms with Crippen LogP contribution in [0.1, 0.15) is 11.3 Å². The van der Waals surface area contributed by atoms with E-state index in [0.29, 0.717) is 6.61 Å². The molecule has 20 heavy (non-hydrogen) atoms. The van der Waals surface area contributed by atoms with Gasteiger partial charge in [-0.2, -0.15) is 5.10 Å². The van der Waals surface area contributed by atoms with E-state index < -0.39 is 0 Å². The number of nitrogens with one attached hydrogen (secondary N) is 1. The second-order valence-corrected chi connectivity index (χ2v) is 4.56. The first-order chi connectivity index (χ1) is 9.74. The van der Waals surface area contributed by atoms with Crippen LogP contribution in [0.3, 0.4) is 0 Å². The van der Waals surface area contributed by atoms with E-state index in [1.54, 1.807) is 13.3 Å². The second-order valence-electron chi connectivity index (χ2n) is 4.56. The number of rotatable bonds is 7. The molecule has 1 heterocycles. The third-order valence-electron chi connectivity index (χ3n) is 3.15. The van der Waals surface area contributed by atoms with Crippen molar-refractivity contribution in [3.63, 3.8) is 0 Å². The summed E-state index contributed by atoms with van der Waals surface area (Å²) in [4.78, 5) is 0. The lowest BCUT2D eigenvalue weighted by molar-refractivity contribution is 0.295. The summed E-state index contributed by atoms with van der Waals surface area (Å²) in [7, 11) is 5.51. The van der Waals surface area contributed by atoms with Crippen LogP contribution < -0.4 is 14.8 Å². The Hall–Kier alpha value is -2.01. The summed E-state index contributed by atoms with van der Waals surface area (Å²) in [6, 6.07) is 7.98. The van der Waals surface area contributed by atoms with Crippen molar-refractivity contribution in [3.05, 3.63) is 41.7 Å². The molecule has 0 fully saturated rings. The lowest BCUT2D eigenvalue weighted by Gasteiger charge is -2.12. The number of ether oxygens (including phenoxy) is 2. The van der Waals surface area contributed by atoms with Crippen molar-refractivity contribution >= 4 is 0 Å². The lowest BCUT2D eigenvalue weighted by Crippen LogP contribution is -2.08. The summed E-state index contributed by atoms with van der Waals surface area (Å²) >= 11 is 0. The van der Waals surface area contributed by atoms with Crippen LogP contribution in [-0.4, -0.2) is 30.5 Å². The molecule has 2 rings (SSSR count). The minimum absolute atomic E-state index is 0.596. The van der Waals surface area contributed by atoms with E-state index in [9.17, 15) is 0 Å². The largest absolute Gasteiger partial charge is 0.493 e. The van der Waals surface area contributed by atoms with Crippen molar-refractivity contribution in [1.29, 1.82) is 0 Å². The van der Waals surface area contributed by atoms with Crippen LogP contribution in [0.25, 0.3) is 0 Å². The molecule has 1 aromatic heterocycles. The molecule has 0 atom stereocenters. The van der Waals surface area contributed by atoms with Gasteiger partial charge in [-0.1, -0.05) is 6.07 Å². The van der Waals surface area contributed by atoms with Crippen LogP contribution in [0, 0.1) is 0 Å². The van der Waals surface area contributed by atoms with Gasteiger partial charge in [-0.15, -0.1) is 0 Å². The van der Waals surface area contributed by atoms with Gasteiger partial charge in [0.05, 0.1) is 13.7 Å². The van der Waals surface area contributed by atoms with E-state index >= 15 is 0 Å². The molecule has 0 saturated heterocycles. The maximum absolute atomic E-state index is 5.85. The van der Waals surface area contributed by atoms with Gasteiger partial charge in [0.1, 0.15) is 0 Å². The van der Waals surface area contributed by atoms with Gasteiger partial charge in [-0.05, 0) is 30.8 Å². The molecular formula is C15H21N3O2. The molecule has 0 saturated carbocycles. The zero-order valence-corrected chi connectivity index (χ0v) is 12.2. The van der Waals surface area contributed by atoms with Crippen molar-refractivity contribution in [3.8, 4) is 11.5 Å². The highest BCUT2D eigenvalue weighted by Gasteiger charge is 2.06. The number of hydrogen-bond donors (Lipinski definition) is 1. The molecule has 1 aromatic carbocycles. The Kier molecular flexibility index (Phi) is 5.01. The Bertz CT molecular complexity index is 552. The number of nitrogens with zero attached hydrogens (tertiary/aromatic N) is 2. The first kappa shape index (κ1) is 14.4. The fourth-order valence-corrected chi connectivity index (χ4v) is 2.06. The van der Waals surface area contributed by atoms with Gasteiger partial charge >= 0.3 is 0 Å². The van der Waals surface area contributed by atoms with E-state index in [1.165, 1.54) is 5.56 Å². The minimum Gasteiger partial charge on any atom is -0.493 e. The summed E-state index contributed by atoms with van der Waals surface area (Å²) in [5, 5.41) is 7.27. The van der Waals surface area contributed by atoms with Gasteiger partial charge in [0.2, 0.25) is 0 Å². The van der Waals surface area contributed by atoms with E-state index in [0.717, 1.165) is 30.2 Å². The van der Waals surface area contributed by atoms with Crippen molar-refractivity contribution in [2.75, 3.05) is 20.8 Å². The van der Waals surface area contributed by atoms with E-state index in [1.807, 2.05) is 43.0 Å². The topological polar surface area (TPSA) is 48.3 Å². The molecule has 2 aromatic rings. The number of aryl methyl sites for hydroxylation is 1. The van der Waals surface area contributed by atoms with Gasteiger partial charge in [0.15, 0.2) is 11.5 Å². The minimum atomic E-state index is 0.596. The van der Waals surface area contributed by atoms with Gasteiger partial charge in [0, 0.05) is 31.9 Å². The Balaban J connectivity index is 2.00. The number of methoxy groups -OCH3 is 1. The van der Waals surface area contributed by atoms with E-state index in [-0.39, 0.29) is 0 Å². The van der Waals surface area contributed by atoms with E-state index in [2.05, 4.69) is 10.4 Å². The summed E-state index contributed by atoms with van der Waals surface area (Å²) in [5.74, 6) is 1.54. The molecule has 0 spiro atoms. The normalized spacial score (nSPS) is 10.6. The molecule has 108 valence electrons. The maximum Gasteiger partial charge on any atom is 0.161 e.